The average molecular weight is 281 g/mol. The summed E-state index contributed by atoms with van der Waals surface area (Å²) in [5.74, 6) is 1.15. The van der Waals surface area contributed by atoms with Crippen molar-refractivity contribution in [3.63, 3.8) is 0 Å². The zero-order valence-electron chi connectivity index (χ0n) is 13.9. The molecule has 1 nitrogen and oxygen atoms in total. The third-order valence-electron chi connectivity index (χ3n) is 4.21. The lowest BCUT2D eigenvalue weighted by atomic mass is 9.88. The number of hydrogen-bond donors (Lipinski definition) is 1. The summed E-state index contributed by atoms with van der Waals surface area (Å²) in [6.07, 6.45) is 0. The highest BCUT2D eigenvalue weighted by atomic mass is 14.9. The predicted molar refractivity (Wildman–Crippen MR) is 93.2 cm³/mol. The molecule has 1 atom stereocenters. The van der Waals surface area contributed by atoms with Crippen molar-refractivity contribution in [2.45, 2.75) is 40.5 Å². The van der Waals surface area contributed by atoms with Crippen molar-refractivity contribution in [2.75, 3.05) is 11.9 Å². The number of aryl methyl sites for hydroxylation is 3. The van der Waals surface area contributed by atoms with E-state index in [-0.39, 0.29) is 0 Å². The third-order valence-corrected chi connectivity index (χ3v) is 4.21. The summed E-state index contributed by atoms with van der Waals surface area (Å²) in [6.45, 7) is 12.1. The standard InChI is InChI=1S/C20H27N/c1-14(2)19(18-9-7-6-8-10-18)13-21-20-16(4)11-15(3)12-17(20)5/h6-12,14,19,21H,13H2,1-5H3. The fourth-order valence-electron chi connectivity index (χ4n) is 3.11. The van der Waals surface area contributed by atoms with Crippen LogP contribution in [0, 0.1) is 26.7 Å². The number of nitrogens with one attached hydrogen (secondary N) is 1. The minimum absolute atomic E-state index is 0.534. The molecule has 0 aliphatic carbocycles. The van der Waals surface area contributed by atoms with E-state index >= 15 is 0 Å². The summed E-state index contributed by atoms with van der Waals surface area (Å²) in [6, 6.07) is 15.3. The lowest BCUT2D eigenvalue weighted by molar-refractivity contribution is 0.517. The molecule has 0 heterocycles. The summed E-state index contributed by atoms with van der Waals surface area (Å²) < 4.78 is 0. The minimum Gasteiger partial charge on any atom is -0.384 e. The van der Waals surface area contributed by atoms with Crippen LogP contribution in [0.5, 0.6) is 0 Å². The second kappa shape index (κ2) is 6.80. The molecule has 1 heteroatoms. The average Bonchev–Trinajstić information content (AvgIpc) is 2.42. The second-order valence-electron chi connectivity index (χ2n) is 6.42. The van der Waals surface area contributed by atoms with Crippen LogP contribution in [0.25, 0.3) is 0 Å². The number of hydrogen-bond acceptors (Lipinski definition) is 1. The van der Waals surface area contributed by atoms with Crippen molar-refractivity contribution < 1.29 is 0 Å². The van der Waals surface area contributed by atoms with E-state index < -0.39 is 0 Å². The number of benzene rings is 2. The van der Waals surface area contributed by atoms with Crippen molar-refractivity contribution in [3.05, 3.63) is 64.7 Å². The zero-order chi connectivity index (χ0) is 15.4. The SMILES string of the molecule is Cc1cc(C)c(NCC(c2ccccc2)C(C)C)c(C)c1. The molecule has 0 aromatic heterocycles. The van der Waals surface area contributed by atoms with Crippen LogP contribution < -0.4 is 5.32 Å². The van der Waals surface area contributed by atoms with Crippen molar-refractivity contribution in [1.82, 2.24) is 0 Å². The number of anilines is 1. The molecule has 0 saturated carbocycles. The van der Waals surface area contributed by atoms with Gasteiger partial charge < -0.3 is 5.32 Å². The van der Waals surface area contributed by atoms with E-state index in [2.05, 4.69) is 82.4 Å². The largest absolute Gasteiger partial charge is 0.384 e. The summed E-state index contributed by atoms with van der Waals surface area (Å²) in [4.78, 5) is 0. The molecule has 0 saturated heterocycles. The first kappa shape index (κ1) is 15.6. The Labute approximate surface area is 129 Å². The lowest BCUT2D eigenvalue weighted by Gasteiger charge is -2.24. The minimum atomic E-state index is 0.534. The Bertz CT molecular complexity index is 561. The first-order valence-electron chi connectivity index (χ1n) is 7.85. The molecule has 2 aromatic rings. The first-order chi connectivity index (χ1) is 9.99. The molecule has 0 amide bonds. The fourth-order valence-corrected chi connectivity index (χ4v) is 3.11. The quantitative estimate of drug-likeness (QED) is 0.767. The predicted octanol–water partition coefficient (Wildman–Crippen LogP) is 5.46. The van der Waals surface area contributed by atoms with Gasteiger partial charge in [0, 0.05) is 18.2 Å². The Morgan fingerprint density at radius 2 is 1.48 bits per heavy atom. The van der Waals surface area contributed by atoms with Crippen molar-refractivity contribution in [1.29, 1.82) is 0 Å². The van der Waals surface area contributed by atoms with E-state index in [4.69, 9.17) is 0 Å². The first-order valence-corrected chi connectivity index (χ1v) is 7.85. The van der Waals surface area contributed by atoms with Gasteiger partial charge in [-0.25, -0.2) is 0 Å². The molecule has 0 spiro atoms. The van der Waals surface area contributed by atoms with Gasteiger partial charge in [-0.05, 0) is 43.4 Å². The van der Waals surface area contributed by atoms with Crippen LogP contribution in [-0.2, 0) is 0 Å². The molecule has 21 heavy (non-hydrogen) atoms. The highest BCUT2D eigenvalue weighted by Crippen LogP contribution is 2.27. The molecule has 0 bridgehead atoms. The van der Waals surface area contributed by atoms with Gasteiger partial charge in [0.15, 0.2) is 0 Å². The molecule has 1 N–H and O–H groups in total. The Morgan fingerprint density at radius 1 is 0.905 bits per heavy atom. The lowest BCUT2D eigenvalue weighted by Crippen LogP contribution is -2.18. The molecular formula is C20H27N. The maximum absolute atomic E-state index is 3.69. The van der Waals surface area contributed by atoms with Gasteiger partial charge >= 0.3 is 0 Å². The highest BCUT2D eigenvalue weighted by molar-refractivity contribution is 5.58. The fraction of sp³-hybridized carbons (Fsp3) is 0.400. The van der Waals surface area contributed by atoms with Crippen molar-refractivity contribution >= 4 is 5.69 Å². The van der Waals surface area contributed by atoms with Gasteiger partial charge in [0.05, 0.1) is 0 Å². The molecule has 112 valence electrons. The number of rotatable bonds is 5. The zero-order valence-corrected chi connectivity index (χ0v) is 13.9. The van der Waals surface area contributed by atoms with Gasteiger partial charge in [-0.2, -0.15) is 0 Å². The Kier molecular flexibility index (Phi) is 5.06. The maximum Gasteiger partial charge on any atom is 0.0399 e. The van der Waals surface area contributed by atoms with E-state index in [9.17, 15) is 0 Å². The van der Waals surface area contributed by atoms with Crippen LogP contribution in [0.4, 0.5) is 5.69 Å². The van der Waals surface area contributed by atoms with Crippen LogP contribution >= 0.6 is 0 Å². The monoisotopic (exact) mass is 281 g/mol. The molecule has 0 radical (unpaired) electrons. The van der Waals surface area contributed by atoms with Gasteiger partial charge in [-0.15, -0.1) is 0 Å². The molecule has 1 unspecified atom stereocenters. The van der Waals surface area contributed by atoms with Gasteiger partial charge in [-0.1, -0.05) is 61.9 Å². The molecule has 0 aliphatic heterocycles. The Balaban J connectivity index is 2.17. The van der Waals surface area contributed by atoms with Gasteiger partial charge in [0.25, 0.3) is 0 Å². The van der Waals surface area contributed by atoms with E-state index in [0.717, 1.165) is 6.54 Å². The molecule has 0 fully saturated rings. The molecule has 0 aliphatic rings. The van der Waals surface area contributed by atoms with Crippen LogP contribution in [0.15, 0.2) is 42.5 Å². The van der Waals surface area contributed by atoms with Crippen molar-refractivity contribution in [2.24, 2.45) is 5.92 Å². The van der Waals surface area contributed by atoms with Crippen LogP contribution in [0.2, 0.25) is 0 Å². The molecular weight excluding hydrogens is 254 g/mol. The maximum atomic E-state index is 3.69. The summed E-state index contributed by atoms with van der Waals surface area (Å²) >= 11 is 0. The summed E-state index contributed by atoms with van der Waals surface area (Å²) in [5.41, 5.74) is 6.72. The summed E-state index contributed by atoms with van der Waals surface area (Å²) in [5, 5.41) is 3.69. The smallest absolute Gasteiger partial charge is 0.0399 e. The summed E-state index contributed by atoms with van der Waals surface area (Å²) in [7, 11) is 0. The Hall–Kier alpha value is -1.76. The Morgan fingerprint density at radius 3 is 2.00 bits per heavy atom. The van der Waals surface area contributed by atoms with Crippen LogP contribution in [-0.4, -0.2) is 6.54 Å². The normalized spacial score (nSPS) is 12.5. The molecule has 2 rings (SSSR count). The van der Waals surface area contributed by atoms with E-state index in [0.29, 0.717) is 11.8 Å². The van der Waals surface area contributed by atoms with E-state index in [1.165, 1.54) is 27.9 Å². The molecule has 2 aromatic carbocycles. The van der Waals surface area contributed by atoms with E-state index in [1.54, 1.807) is 0 Å². The topological polar surface area (TPSA) is 12.0 Å². The van der Waals surface area contributed by atoms with Gasteiger partial charge in [0.2, 0.25) is 0 Å². The van der Waals surface area contributed by atoms with Gasteiger partial charge in [0.1, 0.15) is 0 Å². The van der Waals surface area contributed by atoms with Crippen LogP contribution in [0.1, 0.15) is 42.0 Å². The van der Waals surface area contributed by atoms with Gasteiger partial charge in [-0.3, -0.25) is 0 Å². The van der Waals surface area contributed by atoms with E-state index in [1.807, 2.05) is 0 Å². The highest BCUT2D eigenvalue weighted by Gasteiger charge is 2.16. The third kappa shape index (κ3) is 3.87. The van der Waals surface area contributed by atoms with Crippen molar-refractivity contribution in [3.8, 4) is 0 Å². The second-order valence-corrected chi connectivity index (χ2v) is 6.42. The van der Waals surface area contributed by atoms with Crippen LogP contribution in [0.3, 0.4) is 0 Å².